The lowest BCUT2D eigenvalue weighted by molar-refractivity contribution is 0.0690. The van der Waals surface area contributed by atoms with E-state index < -0.39 is 5.97 Å². The van der Waals surface area contributed by atoms with E-state index in [9.17, 15) is 14.7 Å². The van der Waals surface area contributed by atoms with Crippen molar-refractivity contribution in [3.63, 3.8) is 0 Å². The molecule has 0 fully saturated rings. The minimum absolute atomic E-state index is 0.00433. The van der Waals surface area contributed by atoms with E-state index in [1.165, 1.54) is 0 Å². The van der Waals surface area contributed by atoms with Crippen LogP contribution in [0.2, 0.25) is 0 Å². The first-order valence-electron chi connectivity index (χ1n) is 7.13. The SMILES string of the molecule is COc1cccc([C@@H]2CC(=O)c3c([nH]c(C(=O)O)c3C)C2)c1. The molecule has 1 aliphatic carbocycles. The van der Waals surface area contributed by atoms with Gasteiger partial charge in [-0.1, -0.05) is 12.1 Å². The number of carboxylic acids is 1. The van der Waals surface area contributed by atoms with Gasteiger partial charge in [-0.25, -0.2) is 4.79 Å². The van der Waals surface area contributed by atoms with Gasteiger partial charge in [-0.05, 0) is 42.5 Å². The molecule has 0 radical (unpaired) electrons. The highest BCUT2D eigenvalue weighted by Crippen LogP contribution is 2.35. The molecule has 1 aromatic heterocycles. The van der Waals surface area contributed by atoms with Gasteiger partial charge >= 0.3 is 5.97 Å². The third-order valence-electron chi connectivity index (χ3n) is 4.27. The van der Waals surface area contributed by atoms with Crippen molar-refractivity contribution in [2.45, 2.75) is 25.7 Å². The van der Waals surface area contributed by atoms with E-state index in [1.54, 1.807) is 14.0 Å². The van der Waals surface area contributed by atoms with Crippen LogP contribution in [0.1, 0.15) is 50.0 Å². The number of aromatic nitrogens is 1. The summed E-state index contributed by atoms with van der Waals surface area (Å²) in [6, 6.07) is 7.66. The molecule has 2 aromatic rings. The molecule has 0 saturated heterocycles. The molecular formula is C17H17NO4. The van der Waals surface area contributed by atoms with Gasteiger partial charge in [-0.2, -0.15) is 0 Å². The second-order valence-electron chi connectivity index (χ2n) is 5.59. The second-order valence-corrected chi connectivity index (χ2v) is 5.59. The largest absolute Gasteiger partial charge is 0.497 e. The van der Waals surface area contributed by atoms with Crippen LogP contribution in [-0.2, 0) is 6.42 Å². The molecule has 0 spiro atoms. The van der Waals surface area contributed by atoms with Gasteiger partial charge in [-0.3, -0.25) is 4.79 Å². The number of hydrogen-bond acceptors (Lipinski definition) is 3. The summed E-state index contributed by atoms with van der Waals surface area (Å²) in [6.07, 6.45) is 1.01. The molecule has 5 nitrogen and oxygen atoms in total. The summed E-state index contributed by atoms with van der Waals surface area (Å²) in [7, 11) is 1.61. The number of carbonyl (C=O) groups excluding carboxylic acids is 1. The van der Waals surface area contributed by atoms with Crippen molar-refractivity contribution in [1.82, 2.24) is 4.98 Å². The van der Waals surface area contributed by atoms with Crippen LogP contribution < -0.4 is 4.74 Å². The number of benzene rings is 1. The van der Waals surface area contributed by atoms with Gasteiger partial charge in [0.15, 0.2) is 5.78 Å². The smallest absolute Gasteiger partial charge is 0.352 e. The highest BCUT2D eigenvalue weighted by molar-refractivity contribution is 6.03. The van der Waals surface area contributed by atoms with Crippen LogP contribution in [0.5, 0.6) is 5.75 Å². The minimum Gasteiger partial charge on any atom is -0.497 e. The number of rotatable bonds is 3. The van der Waals surface area contributed by atoms with E-state index >= 15 is 0 Å². The van der Waals surface area contributed by atoms with Crippen molar-refractivity contribution in [2.75, 3.05) is 7.11 Å². The fraction of sp³-hybridized carbons (Fsp3) is 0.294. The van der Waals surface area contributed by atoms with Crippen LogP contribution in [0.3, 0.4) is 0 Å². The molecule has 0 aliphatic heterocycles. The van der Waals surface area contributed by atoms with Gasteiger partial charge in [0.2, 0.25) is 0 Å². The van der Waals surface area contributed by atoms with Crippen LogP contribution in [0, 0.1) is 6.92 Å². The summed E-state index contributed by atoms with van der Waals surface area (Å²) in [5.41, 5.74) is 2.96. The predicted molar refractivity (Wildman–Crippen MR) is 80.9 cm³/mol. The number of ketones is 1. The van der Waals surface area contributed by atoms with Gasteiger partial charge in [-0.15, -0.1) is 0 Å². The highest BCUT2D eigenvalue weighted by Gasteiger charge is 2.31. The summed E-state index contributed by atoms with van der Waals surface area (Å²) < 4.78 is 5.23. The van der Waals surface area contributed by atoms with E-state index in [2.05, 4.69) is 4.98 Å². The topological polar surface area (TPSA) is 79.4 Å². The van der Waals surface area contributed by atoms with E-state index in [-0.39, 0.29) is 17.4 Å². The van der Waals surface area contributed by atoms with Crippen LogP contribution in [0.4, 0.5) is 0 Å². The van der Waals surface area contributed by atoms with Crippen LogP contribution >= 0.6 is 0 Å². The van der Waals surface area contributed by atoms with Crippen molar-refractivity contribution >= 4 is 11.8 Å². The van der Waals surface area contributed by atoms with Gasteiger partial charge in [0.05, 0.1) is 7.11 Å². The van der Waals surface area contributed by atoms with Crippen molar-refractivity contribution in [1.29, 1.82) is 0 Å². The zero-order valence-corrected chi connectivity index (χ0v) is 12.5. The van der Waals surface area contributed by atoms with Crippen molar-refractivity contribution in [3.8, 4) is 5.75 Å². The number of Topliss-reactive ketones (excluding diaryl/α,β-unsaturated/α-hetero) is 1. The zero-order valence-electron chi connectivity index (χ0n) is 12.5. The summed E-state index contributed by atoms with van der Waals surface area (Å²) in [5, 5.41) is 9.19. The molecule has 0 unspecified atom stereocenters. The fourth-order valence-electron chi connectivity index (χ4n) is 3.18. The summed E-state index contributed by atoms with van der Waals surface area (Å²) in [5.74, 6) is -0.243. The summed E-state index contributed by atoms with van der Waals surface area (Å²) in [4.78, 5) is 26.6. The zero-order chi connectivity index (χ0) is 15.9. The number of ether oxygens (including phenoxy) is 1. The van der Waals surface area contributed by atoms with Gasteiger partial charge in [0.1, 0.15) is 11.4 Å². The second kappa shape index (κ2) is 5.33. The monoisotopic (exact) mass is 299 g/mol. The molecule has 1 aromatic carbocycles. The van der Waals surface area contributed by atoms with Gasteiger partial charge in [0, 0.05) is 17.7 Å². The Morgan fingerprint density at radius 2 is 2.14 bits per heavy atom. The number of carbonyl (C=O) groups is 2. The average molecular weight is 299 g/mol. The third kappa shape index (κ3) is 2.28. The average Bonchev–Trinajstić information content (AvgIpc) is 2.85. The van der Waals surface area contributed by atoms with E-state index in [4.69, 9.17) is 4.74 Å². The molecule has 114 valence electrons. The van der Waals surface area contributed by atoms with Crippen molar-refractivity contribution in [2.24, 2.45) is 0 Å². The van der Waals surface area contributed by atoms with Gasteiger partial charge in [0.25, 0.3) is 0 Å². The predicted octanol–water partition coefficient (Wildman–Crippen LogP) is 2.94. The van der Waals surface area contributed by atoms with Crippen molar-refractivity contribution in [3.05, 3.63) is 52.3 Å². The Balaban J connectivity index is 1.99. The maximum absolute atomic E-state index is 12.4. The minimum atomic E-state index is -1.03. The molecule has 1 heterocycles. The number of fused-ring (bicyclic) bond motifs is 1. The lowest BCUT2D eigenvalue weighted by atomic mass is 9.81. The number of carboxylic acid groups (broad SMARTS) is 1. The Hall–Kier alpha value is -2.56. The Kier molecular flexibility index (Phi) is 3.48. The lowest BCUT2D eigenvalue weighted by Crippen LogP contribution is -2.18. The fourth-order valence-corrected chi connectivity index (χ4v) is 3.18. The summed E-state index contributed by atoms with van der Waals surface area (Å²) in [6.45, 7) is 1.68. The number of aromatic amines is 1. The van der Waals surface area contributed by atoms with E-state index in [0.29, 0.717) is 24.0 Å². The first kappa shape index (κ1) is 14.4. The Bertz CT molecular complexity index is 760. The number of methoxy groups -OCH3 is 1. The lowest BCUT2D eigenvalue weighted by Gasteiger charge is -2.22. The molecule has 2 N–H and O–H groups in total. The standard InChI is InChI=1S/C17H17NO4/c1-9-15-13(18-16(9)17(20)21)7-11(8-14(15)19)10-4-3-5-12(6-10)22-2/h3-6,11,18H,7-8H2,1-2H3,(H,20,21)/t11-/m0/s1. The maximum atomic E-state index is 12.4. The number of hydrogen-bond donors (Lipinski definition) is 2. The highest BCUT2D eigenvalue weighted by atomic mass is 16.5. The number of nitrogens with one attached hydrogen (secondary N) is 1. The molecule has 5 heteroatoms. The number of aromatic carboxylic acids is 1. The third-order valence-corrected chi connectivity index (χ3v) is 4.27. The number of H-pyrrole nitrogens is 1. The first-order chi connectivity index (χ1) is 10.5. The molecular weight excluding hydrogens is 282 g/mol. The Morgan fingerprint density at radius 1 is 1.36 bits per heavy atom. The van der Waals surface area contributed by atoms with Crippen LogP contribution in [0.15, 0.2) is 24.3 Å². The van der Waals surface area contributed by atoms with E-state index in [1.807, 2.05) is 24.3 Å². The first-order valence-corrected chi connectivity index (χ1v) is 7.13. The Labute approximate surface area is 127 Å². The molecule has 1 aliphatic rings. The van der Waals surface area contributed by atoms with Crippen molar-refractivity contribution < 1.29 is 19.4 Å². The summed E-state index contributed by atoms with van der Waals surface area (Å²) >= 11 is 0. The molecule has 0 bridgehead atoms. The van der Waals surface area contributed by atoms with Gasteiger partial charge < -0.3 is 14.8 Å². The molecule has 1 atom stereocenters. The molecule has 0 saturated carbocycles. The maximum Gasteiger partial charge on any atom is 0.352 e. The molecule has 22 heavy (non-hydrogen) atoms. The normalized spacial score (nSPS) is 17.2. The Morgan fingerprint density at radius 3 is 2.82 bits per heavy atom. The van der Waals surface area contributed by atoms with Crippen LogP contribution in [-0.4, -0.2) is 29.0 Å². The molecule has 0 amide bonds. The molecule has 3 rings (SSSR count). The van der Waals surface area contributed by atoms with Crippen LogP contribution in [0.25, 0.3) is 0 Å². The van der Waals surface area contributed by atoms with E-state index in [0.717, 1.165) is 17.0 Å². The quantitative estimate of drug-likeness (QED) is 0.913.